The van der Waals surface area contributed by atoms with E-state index in [4.69, 9.17) is 9.73 Å². The predicted molar refractivity (Wildman–Crippen MR) is 85.7 cm³/mol. The molecule has 0 spiro atoms. The van der Waals surface area contributed by atoms with Crippen molar-refractivity contribution in [3.63, 3.8) is 0 Å². The summed E-state index contributed by atoms with van der Waals surface area (Å²) in [5.74, 6) is 1.12. The molecule has 2 aliphatic heterocycles. The minimum absolute atomic E-state index is 0. The molecule has 0 aromatic heterocycles. The summed E-state index contributed by atoms with van der Waals surface area (Å²) in [5, 5.41) is 0. The molecule has 4 nitrogen and oxygen atoms in total. The van der Waals surface area contributed by atoms with E-state index in [1.165, 1.54) is 5.70 Å². The standard InChI is InChI=1S/C13H23N3O.HI/c1-13(2)10-11(15(3)4)9-12(14-13)16-5-7-17-8-6-16;/h9H,5-8,10H2,1-4H3;1H. The molecule has 0 atom stereocenters. The lowest BCUT2D eigenvalue weighted by Crippen LogP contribution is -2.43. The van der Waals surface area contributed by atoms with Crippen molar-refractivity contribution in [1.29, 1.82) is 0 Å². The van der Waals surface area contributed by atoms with E-state index in [9.17, 15) is 0 Å². The number of aliphatic imine (C=N–C) groups is 1. The molecule has 0 bridgehead atoms. The molecule has 0 N–H and O–H groups in total. The molecule has 0 radical (unpaired) electrons. The molecular weight excluding hydrogens is 341 g/mol. The second-order valence-electron chi connectivity index (χ2n) is 5.59. The van der Waals surface area contributed by atoms with Crippen LogP contribution in [0.3, 0.4) is 0 Å². The third kappa shape index (κ3) is 3.85. The maximum atomic E-state index is 5.39. The Morgan fingerprint density at radius 3 is 2.44 bits per heavy atom. The van der Waals surface area contributed by atoms with E-state index in [0.29, 0.717) is 0 Å². The van der Waals surface area contributed by atoms with Crippen LogP contribution in [0.1, 0.15) is 20.3 Å². The summed E-state index contributed by atoms with van der Waals surface area (Å²) in [4.78, 5) is 9.37. The molecule has 0 saturated carbocycles. The first-order valence-corrected chi connectivity index (χ1v) is 6.28. The average molecular weight is 365 g/mol. The minimum atomic E-state index is 0. The highest BCUT2D eigenvalue weighted by Crippen LogP contribution is 2.26. The van der Waals surface area contributed by atoms with Crippen molar-refractivity contribution in [2.24, 2.45) is 4.99 Å². The number of rotatable bonds is 1. The molecule has 1 saturated heterocycles. The number of halogens is 1. The smallest absolute Gasteiger partial charge is 0.125 e. The Bertz CT molecular complexity index is 344. The first-order valence-electron chi connectivity index (χ1n) is 6.28. The first kappa shape index (κ1) is 15.8. The maximum absolute atomic E-state index is 5.39. The maximum Gasteiger partial charge on any atom is 0.125 e. The van der Waals surface area contributed by atoms with Crippen LogP contribution in [-0.2, 0) is 4.74 Å². The Kier molecular flexibility index (Phi) is 5.46. The Morgan fingerprint density at radius 1 is 1.28 bits per heavy atom. The number of hydrogen-bond acceptors (Lipinski definition) is 4. The molecule has 104 valence electrons. The summed E-state index contributed by atoms with van der Waals surface area (Å²) in [6, 6.07) is 0. The molecule has 0 aromatic rings. The SMILES string of the molecule is CN(C)C1=CC(N2CCOCC2)=NC(C)(C)C1.I. The monoisotopic (exact) mass is 365 g/mol. The first-order chi connectivity index (χ1) is 7.98. The third-order valence-corrected chi connectivity index (χ3v) is 3.24. The molecule has 0 aromatic carbocycles. The summed E-state index contributed by atoms with van der Waals surface area (Å²) in [7, 11) is 4.20. The van der Waals surface area contributed by atoms with Crippen LogP contribution in [0.4, 0.5) is 0 Å². The van der Waals surface area contributed by atoms with Crippen LogP contribution >= 0.6 is 24.0 Å². The number of hydrogen-bond donors (Lipinski definition) is 0. The van der Waals surface area contributed by atoms with Gasteiger partial charge in [0.2, 0.25) is 0 Å². The molecule has 5 heteroatoms. The molecule has 2 rings (SSSR count). The Morgan fingerprint density at radius 2 is 1.89 bits per heavy atom. The molecular formula is C13H24IN3O. The molecule has 0 unspecified atom stereocenters. The van der Waals surface area contributed by atoms with Crippen molar-refractivity contribution >= 4 is 29.8 Å². The van der Waals surface area contributed by atoms with Crippen molar-refractivity contribution in [3.05, 3.63) is 11.8 Å². The molecule has 18 heavy (non-hydrogen) atoms. The second kappa shape index (κ2) is 6.23. The van der Waals surface area contributed by atoms with Gasteiger partial charge in [0.05, 0.1) is 18.8 Å². The van der Waals surface area contributed by atoms with Gasteiger partial charge in [-0.2, -0.15) is 0 Å². The number of ether oxygens (including phenoxy) is 1. The molecule has 1 fully saturated rings. The van der Waals surface area contributed by atoms with Crippen molar-refractivity contribution in [1.82, 2.24) is 9.80 Å². The highest BCUT2D eigenvalue weighted by molar-refractivity contribution is 14.0. The lowest BCUT2D eigenvalue weighted by Gasteiger charge is -2.36. The zero-order valence-corrected chi connectivity index (χ0v) is 14.1. The number of morpholine rings is 1. The van der Waals surface area contributed by atoms with Crippen molar-refractivity contribution in [2.75, 3.05) is 40.4 Å². The van der Waals surface area contributed by atoms with Gasteiger partial charge in [0.15, 0.2) is 0 Å². The van der Waals surface area contributed by atoms with Crippen LogP contribution in [0.15, 0.2) is 16.8 Å². The van der Waals surface area contributed by atoms with Gasteiger partial charge in [-0.15, -0.1) is 24.0 Å². The van der Waals surface area contributed by atoms with E-state index in [-0.39, 0.29) is 29.5 Å². The fourth-order valence-electron chi connectivity index (χ4n) is 2.27. The summed E-state index contributed by atoms with van der Waals surface area (Å²) in [6.45, 7) is 7.92. The van der Waals surface area contributed by atoms with Crippen LogP contribution in [0.2, 0.25) is 0 Å². The predicted octanol–water partition coefficient (Wildman–Crippen LogP) is 1.96. The number of nitrogens with zero attached hydrogens (tertiary/aromatic N) is 3. The van der Waals surface area contributed by atoms with Crippen LogP contribution < -0.4 is 0 Å². The van der Waals surface area contributed by atoms with E-state index in [2.05, 4.69) is 43.8 Å². The van der Waals surface area contributed by atoms with Crippen LogP contribution in [0.25, 0.3) is 0 Å². The van der Waals surface area contributed by atoms with Crippen molar-refractivity contribution in [3.8, 4) is 0 Å². The summed E-state index contributed by atoms with van der Waals surface area (Å²) in [5.41, 5.74) is 1.36. The van der Waals surface area contributed by atoms with Gasteiger partial charge >= 0.3 is 0 Å². The highest BCUT2D eigenvalue weighted by Gasteiger charge is 2.27. The largest absolute Gasteiger partial charge is 0.381 e. The zero-order chi connectivity index (χ0) is 12.5. The Balaban J connectivity index is 0.00000162. The van der Waals surface area contributed by atoms with Crippen molar-refractivity contribution in [2.45, 2.75) is 25.8 Å². The fraction of sp³-hybridized carbons (Fsp3) is 0.769. The molecule has 0 amide bonds. The van der Waals surface area contributed by atoms with Gasteiger partial charge in [0.1, 0.15) is 5.84 Å². The average Bonchev–Trinajstić information content (AvgIpc) is 2.28. The number of amidine groups is 1. The van der Waals surface area contributed by atoms with Gasteiger partial charge < -0.3 is 14.5 Å². The van der Waals surface area contributed by atoms with Gasteiger partial charge in [-0.1, -0.05) is 0 Å². The van der Waals surface area contributed by atoms with Gasteiger partial charge in [-0.25, -0.2) is 0 Å². The number of dihydropyridines is 1. The molecule has 0 aliphatic carbocycles. The Hall–Kier alpha value is -0.300. The van der Waals surface area contributed by atoms with Crippen LogP contribution in [-0.4, -0.2) is 61.6 Å². The second-order valence-corrected chi connectivity index (χ2v) is 5.59. The lowest BCUT2D eigenvalue weighted by molar-refractivity contribution is 0.0678. The van der Waals surface area contributed by atoms with Crippen LogP contribution in [0, 0.1) is 0 Å². The minimum Gasteiger partial charge on any atom is -0.381 e. The van der Waals surface area contributed by atoms with Gasteiger partial charge in [-0.05, 0) is 19.9 Å². The van der Waals surface area contributed by atoms with E-state index < -0.39 is 0 Å². The summed E-state index contributed by atoms with van der Waals surface area (Å²) < 4.78 is 5.39. The topological polar surface area (TPSA) is 28.1 Å². The van der Waals surface area contributed by atoms with E-state index in [0.717, 1.165) is 38.6 Å². The highest BCUT2D eigenvalue weighted by atomic mass is 127. The van der Waals surface area contributed by atoms with Crippen molar-refractivity contribution < 1.29 is 4.74 Å². The van der Waals surface area contributed by atoms with E-state index in [1.807, 2.05) is 0 Å². The van der Waals surface area contributed by atoms with Gasteiger partial charge in [0, 0.05) is 39.3 Å². The van der Waals surface area contributed by atoms with E-state index in [1.54, 1.807) is 0 Å². The van der Waals surface area contributed by atoms with Gasteiger partial charge in [-0.3, -0.25) is 4.99 Å². The lowest BCUT2D eigenvalue weighted by atomic mass is 9.95. The quantitative estimate of drug-likeness (QED) is 0.665. The molecule has 2 aliphatic rings. The fourth-order valence-corrected chi connectivity index (χ4v) is 2.27. The summed E-state index contributed by atoms with van der Waals surface area (Å²) in [6.07, 6.45) is 3.23. The third-order valence-electron chi connectivity index (χ3n) is 3.24. The molecule has 2 heterocycles. The normalized spacial score (nSPS) is 22.8. The van der Waals surface area contributed by atoms with Crippen LogP contribution in [0.5, 0.6) is 0 Å². The zero-order valence-electron chi connectivity index (χ0n) is 11.8. The van der Waals surface area contributed by atoms with E-state index >= 15 is 0 Å². The Labute approximate surface area is 127 Å². The summed E-state index contributed by atoms with van der Waals surface area (Å²) >= 11 is 0. The van der Waals surface area contributed by atoms with Gasteiger partial charge in [0.25, 0.3) is 0 Å².